The van der Waals surface area contributed by atoms with E-state index in [0.717, 1.165) is 44.6 Å². The Balaban J connectivity index is 1.61. The molecule has 0 spiro atoms. The number of fused-ring (bicyclic) bond motifs is 1. The zero-order valence-corrected chi connectivity index (χ0v) is 18.3. The van der Waals surface area contributed by atoms with Crippen molar-refractivity contribution in [3.05, 3.63) is 101 Å². The number of allylic oxidation sites excluding steroid dienone is 2. The number of nitrogens with zero attached hydrogens (tertiary/aromatic N) is 2. The molecule has 0 aliphatic carbocycles. The fourth-order valence-electron chi connectivity index (χ4n) is 3.40. The summed E-state index contributed by atoms with van der Waals surface area (Å²) in [7, 11) is 6.13. The summed E-state index contributed by atoms with van der Waals surface area (Å²) in [5, 5.41) is 2.89. The van der Waals surface area contributed by atoms with Crippen LogP contribution in [0.25, 0.3) is 16.6 Å². The van der Waals surface area contributed by atoms with E-state index in [4.69, 9.17) is 7.85 Å². The molecule has 4 nitrogen and oxygen atoms in total. The first-order valence-corrected chi connectivity index (χ1v) is 10.1. The monoisotopic (exact) mass is 407 g/mol. The second kappa shape index (κ2) is 9.56. The highest BCUT2D eigenvalue weighted by atomic mass is 16.1. The molecule has 0 saturated heterocycles. The summed E-state index contributed by atoms with van der Waals surface area (Å²) in [5.41, 5.74) is 8.64. The van der Waals surface area contributed by atoms with Crippen molar-refractivity contribution in [1.29, 1.82) is 0 Å². The van der Waals surface area contributed by atoms with Crippen molar-refractivity contribution < 1.29 is 4.79 Å². The highest BCUT2D eigenvalue weighted by molar-refractivity contribution is 6.22. The highest BCUT2D eigenvalue weighted by Gasteiger charge is 2.07. The molecule has 2 aromatic carbocycles. The first kappa shape index (κ1) is 22.2. The predicted molar refractivity (Wildman–Crippen MR) is 129 cm³/mol. The minimum absolute atomic E-state index is 0.259. The molecule has 1 N–H and O–H groups in total. The first-order chi connectivity index (χ1) is 14.7. The van der Waals surface area contributed by atoms with E-state index in [1.54, 1.807) is 12.3 Å². The molecule has 1 heterocycles. The normalized spacial score (nSPS) is 11.4. The Morgan fingerprint density at radius 1 is 1.13 bits per heavy atom. The number of carbonyl (C=O) groups is 1. The quantitative estimate of drug-likeness (QED) is 0.350. The van der Waals surface area contributed by atoms with Gasteiger partial charge >= 0.3 is 0 Å². The average molecular weight is 407 g/mol. The molecule has 0 fully saturated rings. The zero-order valence-electron chi connectivity index (χ0n) is 18.3. The third-order valence-electron chi connectivity index (χ3n) is 4.99. The summed E-state index contributed by atoms with van der Waals surface area (Å²) in [6, 6.07) is 12.0. The maximum absolute atomic E-state index is 12.4. The Morgan fingerprint density at radius 3 is 2.61 bits per heavy atom. The van der Waals surface area contributed by atoms with Crippen LogP contribution in [0.4, 0.5) is 0 Å². The van der Waals surface area contributed by atoms with Crippen LogP contribution in [-0.4, -0.2) is 23.7 Å². The summed E-state index contributed by atoms with van der Waals surface area (Å²) in [6.45, 7) is 14.3. The van der Waals surface area contributed by atoms with Gasteiger partial charge in [-0.15, -0.1) is 5.47 Å². The van der Waals surface area contributed by atoms with Gasteiger partial charge in [-0.25, -0.2) is 4.98 Å². The number of aryl methyl sites for hydroxylation is 2. The van der Waals surface area contributed by atoms with Crippen molar-refractivity contribution in [3.63, 3.8) is 0 Å². The third-order valence-corrected chi connectivity index (χ3v) is 4.99. The van der Waals surface area contributed by atoms with E-state index in [-0.39, 0.29) is 5.91 Å². The summed E-state index contributed by atoms with van der Waals surface area (Å²) < 4.78 is 0. The Morgan fingerprint density at radius 2 is 1.90 bits per heavy atom. The zero-order chi connectivity index (χ0) is 22.5. The van der Waals surface area contributed by atoms with Crippen molar-refractivity contribution in [1.82, 2.24) is 15.3 Å². The van der Waals surface area contributed by atoms with Gasteiger partial charge in [0.05, 0.1) is 16.7 Å². The van der Waals surface area contributed by atoms with Crippen molar-refractivity contribution in [2.24, 2.45) is 0 Å². The Labute approximate surface area is 185 Å². The summed E-state index contributed by atoms with van der Waals surface area (Å²) >= 11 is 0. The van der Waals surface area contributed by atoms with Gasteiger partial charge in [-0.3, -0.25) is 9.78 Å². The van der Waals surface area contributed by atoms with Crippen LogP contribution in [0.2, 0.25) is 0 Å². The highest BCUT2D eigenvalue weighted by Crippen LogP contribution is 2.18. The molecule has 1 amide bonds. The lowest BCUT2D eigenvalue weighted by Gasteiger charge is -2.10. The first-order valence-electron chi connectivity index (χ1n) is 10.1. The molecule has 0 bridgehead atoms. The molecule has 3 aromatic rings. The van der Waals surface area contributed by atoms with Gasteiger partial charge in [0.2, 0.25) is 0 Å². The molecule has 0 atom stereocenters. The van der Waals surface area contributed by atoms with E-state index in [9.17, 15) is 4.79 Å². The number of hydrogen-bond donors (Lipinski definition) is 1. The number of nitrogens with one attached hydrogen (secondary N) is 1. The Kier molecular flexibility index (Phi) is 6.86. The number of aromatic nitrogens is 2. The smallest absolute Gasteiger partial charge is 0.250 e. The molecule has 3 rings (SSSR count). The van der Waals surface area contributed by atoms with Gasteiger partial charge < -0.3 is 5.32 Å². The van der Waals surface area contributed by atoms with Crippen molar-refractivity contribution in [2.45, 2.75) is 33.7 Å². The van der Waals surface area contributed by atoms with Crippen LogP contribution in [0.15, 0.2) is 72.9 Å². The molecule has 154 valence electrons. The predicted octanol–water partition coefficient (Wildman–Crippen LogP) is 4.75. The number of carbonyl (C=O) groups excluding carboxylic acids is 1. The second-order valence-electron chi connectivity index (χ2n) is 7.89. The topological polar surface area (TPSA) is 54.9 Å². The summed E-state index contributed by atoms with van der Waals surface area (Å²) in [6.07, 6.45) is 3.69. The number of benzene rings is 2. The van der Waals surface area contributed by atoms with Crippen molar-refractivity contribution in [2.75, 3.05) is 0 Å². The molecular weight excluding hydrogens is 381 g/mol. The molecule has 5 heteroatoms. The molecule has 1 aromatic heterocycles. The summed E-state index contributed by atoms with van der Waals surface area (Å²) in [5.74, 6) is -0.259. The Hall–Kier alpha value is -3.47. The molecule has 2 radical (unpaired) electrons. The lowest BCUT2D eigenvalue weighted by molar-refractivity contribution is -0.117. The van der Waals surface area contributed by atoms with Crippen molar-refractivity contribution in [3.8, 4) is 0 Å². The SMILES string of the molecule is [B]/C(=C\C(=C)C(=O)NCc1ccc(C(=C)C)c(C)c1)Cc1cnc2ccc(C)cc2n1. The molecular formula is C26H26BN3O. The third kappa shape index (κ3) is 5.79. The number of amides is 1. The number of rotatable bonds is 7. The van der Waals surface area contributed by atoms with Crippen molar-refractivity contribution >= 4 is 30.4 Å². The standard InChI is InChI=1S/C26H26BN3O/c1-16(2)23-8-7-20(11-18(23)4)14-29-26(31)19(5)12-21(27)13-22-15-28-24-9-6-17(3)10-25(24)30-22/h6-12,15H,1,5,13-14H2,2-4H3,(H,29,31)/b21-12-. The van der Waals surface area contributed by atoms with Crippen LogP contribution in [0.3, 0.4) is 0 Å². The van der Waals surface area contributed by atoms with Crippen LogP contribution in [0.1, 0.15) is 34.9 Å². The van der Waals surface area contributed by atoms with E-state index in [0.29, 0.717) is 24.0 Å². The Bertz CT molecular complexity index is 1210. The van der Waals surface area contributed by atoms with Gasteiger partial charge in [-0.2, -0.15) is 0 Å². The lowest BCUT2D eigenvalue weighted by atomic mass is 9.89. The van der Waals surface area contributed by atoms with Gasteiger partial charge in [0.15, 0.2) is 0 Å². The van der Waals surface area contributed by atoms with Gasteiger partial charge in [0, 0.05) is 24.7 Å². The van der Waals surface area contributed by atoms with Crippen LogP contribution in [-0.2, 0) is 17.8 Å². The van der Waals surface area contributed by atoms with E-state index >= 15 is 0 Å². The second-order valence-corrected chi connectivity index (χ2v) is 7.89. The maximum Gasteiger partial charge on any atom is 0.250 e. The molecule has 0 aliphatic heterocycles. The maximum atomic E-state index is 12.4. The van der Waals surface area contributed by atoms with Crippen LogP contribution >= 0.6 is 0 Å². The van der Waals surface area contributed by atoms with E-state index in [2.05, 4.69) is 34.5 Å². The van der Waals surface area contributed by atoms with E-state index in [1.165, 1.54) is 0 Å². The van der Waals surface area contributed by atoms with Crippen LogP contribution in [0.5, 0.6) is 0 Å². The fourth-order valence-corrected chi connectivity index (χ4v) is 3.40. The average Bonchev–Trinajstić information content (AvgIpc) is 2.71. The molecule has 31 heavy (non-hydrogen) atoms. The van der Waals surface area contributed by atoms with E-state index < -0.39 is 0 Å². The van der Waals surface area contributed by atoms with Gasteiger partial charge in [-0.05, 0) is 55.2 Å². The largest absolute Gasteiger partial charge is 0.348 e. The van der Waals surface area contributed by atoms with Gasteiger partial charge in [-0.1, -0.05) is 49.1 Å². The van der Waals surface area contributed by atoms with Crippen LogP contribution < -0.4 is 5.32 Å². The van der Waals surface area contributed by atoms with Gasteiger partial charge in [0.25, 0.3) is 5.91 Å². The fraction of sp³-hybridized carbons (Fsp3) is 0.192. The minimum atomic E-state index is -0.259. The molecule has 0 aliphatic rings. The minimum Gasteiger partial charge on any atom is -0.348 e. The number of hydrogen-bond acceptors (Lipinski definition) is 3. The molecule has 0 saturated carbocycles. The summed E-state index contributed by atoms with van der Waals surface area (Å²) in [4.78, 5) is 21.5. The van der Waals surface area contributed by atoms with Crippen LogP contribution in [0, 0.1) is 13.8 Å². The van der Waals surface area contributed by atoms with E-state index in [1.807, 2.05) is 51.1 Å². The van der Waals surface area contributed by atoms with Gasteiger partial charge in [0.1, 0.15) is 7.85 Å². The lowest BCUT2D eigenvalue weighted by Crippen LogP contribution is -2.23. The molecule has 0 unspecified atom stereocenters.